The topological polar surface area (TPSA) is 83.3 Å². The summed E-state index contributed by atoms with van der Waals surface area (Å²) in [6, 6.07) is 18.7. The normalized spacial score (nSPS) is 12.5. The number of Topliss-reactive ketones (excluding diaryl/α,β-unsaturated/α-hetero) is 1. The molecule has 8 nitrogen and oxygen atoms in total. The molecule has 0 aliphatic rings. The summed E-state index contributed by atoms with van der Waals surface area (Å²) in [5.74, 6) is 0.281. The molecule has 0 saturated heterocycles. The van der Waals surface area contributed by atoms with E-state index in [-0.39, 0.29) is 23.9 Å². The van der Waals surface area contributed by atoms with Crippen molar-refractivity contribution in [1.82, 2.24) is 23.1 Å². The number of imidazole rings is 2. The van der Waals surface area contributed by atoms with Crippen molar-refractivity contribution in [3.63, 3.8) is 0 Å². The molecule has 0 radical (unpaired) electrons. The molecule has 8 heteroatoms. The van der Waals surface area contributed by atoms with Crippen molar-refractivity contribution >= 4 is 22.7 Å². The first kappa shape index (κ1) is 21.6. The molecule has 172 valence electrons. The van der Waals surface area contributed by atoms with E-state index in [1.807, 2.05) is 38.1 Å². The van der Waals surface area contributed by atoms with Crippen LogP contribution in [-0.2, 0) is 13.6 Å². The number of benzene rings is 2. The van der Waals surface area contributed by atoms with E-state index in [1.165, 1.54) is 4.57 Å². The van der Waals surface area contributed by atoms with Crippen LogP contribution in [0.5, 0.6) is 0 Å². The Balaban J connectivity index is 1.75. The van der Waals surface area contributed by atoms with E-state index in [1.54, 1.807) is 35.7 Å². The van der Waals surface area contributed by atoms with Gasteiger partial charge in [-0.3, -0.25) is 23.1 Å². The third-order valence-electron chi connectivity index (χ3n) is 6.63. The Morgan fingerprint density at radius 1 is 0.941 bits per heavy atom. The van der Waals surface area contributed by atoms with Gasteiger partial charge in [-0.05, 0) is 26.3 Å². The molecule has 0 aliphatic carbocycles. The smallest absolute Gasteiger partial charge is 0.307 e. The molecule has 5 aromatic rings. The molecule has 0 saturated carbocycles. The van der Waals surface area contributed by atoms with Gasteiger partial charge < -0.3 is 4.57 Å². The molecule has 0 aliphatic heterocycles. The summed E-state index contributed by atoms with van der Waals surface area (Å²) in [4.78, 5) is 44.2. The molecule has 0 N–H and O–H groups in total. The van der Waals surface area contributed by atoms with Gasteiger partial charge in [0.25, 0.3) is 5.56 Å². The van der Waals surface area contributed by atoms with Crippen LogP contribution in [0.15, 0.2) is 70.3 Å². The lowest BCUT2D eigenvalue weighted by atomic mass is 10.1. The molecule has 0 amide bonds. The molecule has 0 fully saturated rings. The highest BCUT2D eigenvalue weighted by Gasteiger charge is 2.25. The summed E-state index contributed by atoms with van der Waals surface area (Å²) in [6.45, 7) is 5.67. The zero-order valence-corrected chi connectivity index (χ0v) is 19.5. The number of carbonyl (C=O) groups is 1. The number of hydrogen-bond donors (Lipinski definition) is 0. The SMILES string of the molecule is Cc1c(C)n2c3c(=O)n(CC(=O)c4ccccc4)c(=O)n(C)c3nc2n1C(C)c1ccccc1. The van der Waals surface area contributed by atoms with Gasteiger partial charge in [0.15, 0.2) is 16.9 Å². The van der Waals surface area contributed by atoms with E-state index in [2.05, 4.69) is 23.6 Å². The fourth-order valence-electron chi connectivity index (χ4n) is 4.62. The maximum absolute atomic E-state index is 13.6. The van der Waals surface area contributed by atoms with Gasteiger partial charge in [0.2, 0.25) is 5.78 Å². The Kier molecular flexibility index (Phi) is 5.08. The quantitative estimate of drug-likeness (QED) is 0.381. The molecular formula is C26H25N5O3. The molecule has 0 bridgehead atoms. The van der Waals surface area contributed by atoms with Crippen LogP contribution in [0.4, 0.5) is 0 Å². The van der Waals surface area contributed by atoms with E-state index < -0.39 is 11.2 Å². The van der Waals surface area contributed by atoms with Crippen molar-refractivity contribution in [3.8, 4) is 0 Å². The highest BCUT2D eigenvalue weighted by Crippen LogP contribution is 2.27. The summed E-state index contributed by atoms with van der Waals surface area (Å²) in [5, 5.41) is 0. The van der Waals surface area contributed by atoms with Crippen molar-refractivity contribution in [2.24, 2.45) is 7.05 Å². The van der Waals surface area contributed by atoms with Crippen molar-refractivity contribution in [3.05, 3.63) is 104 Å². The van der Waals surface area contributed by atoms with Crippen LogP contribution in [0.3, 0.4) is 0 Å². The van der Waals surface area contributed by atoms with Crippen molar-refractivity contribution in [2.45, 2.75) is 33.4 Å². The molecule has 1 atom stereocenters. The minimum atomic E-state index is -0.570. The second kappa shape index (κ2) is 7.98. The molecule has 1 unspecified atom stereocenters. The van der Waals surface area contributed by atoms with Crippen molar-refractivity contribution < 1.29 is 4.79 Å². The molecular weight excluding hydrogens is 430 g/mol. The predicted molar refractivity (Wildman–Crippen MR) is 131 cm³/mol. The van der Waals surface area contributed by atoms with Crippen molar-refractivity contribution in [1.29, 1.82) is 0 Å². The van der Waals surface area contributed by atoms with Gasteiger partial charge in [-0.15, -0.1) is 0 Å². The number of nitrogens with zero attached hydrogens (tertiary/aromatic N) is 5. The molecule has 3 heterocycles. The number of rotatable bonds is 5. The van der Waals surface area contributed by atoms with Crippen LogP contribution in [0, 0.1) is 13.8 Å². The highest BCUT2D eigenvalue weighted by molar-refractivity contribution is 5.96. The third kappa shape index (κ3) is 3.14. The zero-order valence-electron chi connectivity index (χ0n) is 19.5. The van der Waals surface area contributed by atoms with Gasteiger partial charge in [-0.25, -0.2) is 4.79 Å². The Hall–Kier alpha value is -4.20. The van der Waals surface area contributed by atoms with E-state index in [9.17, 15) is 14.4 Å². The Morgan fingerprint density at radius 2 is 1.56 bits per heavy atom. The van der Waals surface area contributed by atoms with Gasteiger partial charge in [0, 0.05) is 24.0 Å². The lowest BCUT2D eigenvalue weighted by Gasteiger charge is -2.16. The van der Waals surface area contributed by atoms with E-state index in [0.717, 1.165) is 21.5 Å². The third-order valence-corrected chi connectivity index (χ3v) is 6.63. The van der Waals surface area contributed by atoms with E-state index in [0.29, 0.717) is 17.0 Å². The van der Waals surface area contributed by atoms with E-state index in [4.69, 9.17) is 4.98 Å². The minimum absolute atomic E-state index is 0.0341. The number of hydrogen-bond acceptors (Lipinski definition) is 4. The summed E-state index contributed by atoms with van der Waals surface area (Å²) in [7, 11) is 1.58. The second-order valence-electron chi connectivity index (χ2n) is 8.57. The largest absolute Gasteiger partial charge is 0.332 e. The summed E-state index contributed by atoms with van der Waals surface area (Å²) >= 11 is 0. The van der Waals surface area contributed by atoms with Crippen LogP contribution in [0.25, 0.3) is 16.9 Å². The van der Waals surface area contributed by atoms with Gasteiger partial charge in [-0.1, -0.05) is 60.7 Å². The lowest BCUT2D eigenvalue weighted by Crippen LogP contribution is -2.41. The fraction of sp³-hybridized carbons (Fsp3) is 0.231. The van der Waals surface area contributed by atoms with Crippen LogP contribution < -0.4 is 11.2 Å². The first-order valence-electron chi connectivity index (χ1n) is 11.1. The average Bonchev–Trinajstić information content (AvgIpc) is 3.36. The highest BCUT2D eigenvalue weighted by atomic mass is 16.2. The van der Waals surface area contributed by atoms with Crippen molar-refractivity contribution in [2.75, 3.05) is 0 Å². The number of aryl methyl sites for hydroxylation is 2. The molecule has 2 aromatic carbocycles. The summed E-state index contributed by atoms with van der Waals surface area (Å²) in [5.41, 5.74) is 2.88. The maximum atomic E-state index is 13.6. The second-order valence-corrected chi connectivity index (χ2v) is 8.57. The Bertz CT molecular complexity index is 1670. The van der Waals surface area contributed by atoms with Gasteiger partial charge in [0.1, 0.15) is 0 Å². The van der Waals surface area contributed by atoms with Crippen LogP contribution in [0.2, 0.25) is 0 Å². The van der Waals surface area contributed by atoms with Gasteiger partial charge in [-0.2, -0.15) is 4.98 Å². The molecule has 0 spiro atoms. The lowest BCUT2D eigenvalue weighted by molar-refractivity contribution is 0.0969. The van der Waals surface area contributed by atoms with Crippen LogP contribution >= 0.6 is 0 Å². The average molecular weight is 456 g/mol. The minimum Gasteiger partial charge on any atom is -0.307 e. The summed E-state index contributed by atoms with van der Waals surface area (Å²) < 4.78 is 6.22. The van der Waals surface area contributed by atoms with Gasteiger partial charge >= 0.3 is 5.69 Å². The number of aromatic nitrogens is 5. The number of ketones is 1. The first-order chi connectivity index (χ1) is 16.3. The molecule has 5 rings (SSSR count). The van der Waals surface area contributed by atoms with Gasteiger partial charge in [0.05, 0.1) is 12.6 Å². The maximum Gasteiger partial charge on any atom is 0.332 e. The monoisotopic (exact) mass is 455 g/mol. The number of fused-ring (bicyclic) bond motifs is 3. The molecule has 34 heavy (non-hydrogen) atoms. The Labute approximate surface area is 195 Å². The predicted octanol–water partition coefficient (Wildman–Crippen LogP) is 3.26. The first-order valence-corrected chi connectivity index (χ1v) is 11.1. The Morgan fingerprint density at radius 3 is 2.21 bits per heavy atom. The molecule has 3 aromatic heterocycles. The van der Waals surface area contributed by atoms with Crippen LogP contribution in [-0.4, -0.2) is 28.9 Å². The van der Waals surface area contributed by atoms with E-state index >= 15 is 0 Å². The summed E-state index contributed by atoms with van der Waals surface area (Å²) in [6.07, 6.45) is 0. The van der Waals surface area contributed by atoms with Crippen LogP contribution in [0.1, 0.15) is 40.3 Å². The zero-order chi connectivity index (χ0) is 24.1. The fourth-order valence-corrected chi connectivity index (χ4v) is 4.62. The standard InChI is InChI=1S/C26H25N5O3/c1-16-17(2)31-22-23(27-25(31)30(16)18(3)19-11-7-5-8-12-19)28(4)26(34)29(24(22)33)15-21(32)20-13-9-6-10-14-20/h5-14,18H,15H2,1-4H3. The number of carbonyl (C=O) groups excluding carboxylic acids is 1.